The smallest absolute Gasteiger partial charge is 0.0684 e. The Morgan fingerprint density at radius 3 is 2.69 bits per heavy atom. The molecule has 0 saturated heterocycles. The van der Waals surface area contributed by atoms with Crippen LogP contribution in [-0.2, 0) is 10.8 Å². The minimum absolute atomic E-state index is 0.389. The summed E-state index contributed by atoms with van der Waals surface area (Å²) in [5.74, 6) is 0.546. The lowest BCUT2D eigenvalue weighted by Crippen LogP contribution is -2.12. The molecule has 1 aromatic carbocycles. The summed E-state index contributed by atoms with van der Waals surface area (Å²) in [6.07, 6.45) is 0.657. The molecule has 1 atom stereocenters. The lowest BCUT2D eigenvalue weighted by Gasteiger charge is -2.14. The Balaban J connectivity index is 2.64. The molecule has 1 aromatic rings. The molecule has 0 heterocycles. The Bertz CT molecular complexity index is 432. The zero-order valence-corrected chi connectivity index (χ0v) is 10.8. The molecule has 0 aliphatic heterocycles. The Labute approximate surface area is 99.8 Å². The van der Waals surface area contributed by atoms with Gasteiger partial charge in [0.25, 0.3) is 0 Å². The van der Waals surface area contributed by atoms with E-state index < -0.39 is 10.8 Å². The molecule has 16 heavy (non-hydrogen) atoms. The molecule has 86 valence electrons. The number of benzene rings is 1. The lowest BCUT2D eigenvalue weighted by molar-refractivity contribution is 0.479. The summed E-state index contributed by atoms with van der Waals surface area (Å²) in [6.45, 7) is 5.74. The summed E-state index contributed by atoms with van der Waals surface area (Å²) in [7, 11) is -0.993. The van der Waals surface area contributed by atoms with Crippen molar-refractivity contribution in [2.45, 2.75) is 32.1 Å². The van der Waals surface area contributed by atoms with Crippen molar-refractivity contribution < 1.29 is 4.21 Å². The molecule has 0 aliphatic carbocycles. The summed E-state index contributed by atoms with van der Waals surface area (Å²) >= 11 is 0. The predicted octanol–water partition coefficient (Wildman–Crippen LogP) is 3.04. The average molecular weight is 235 g/mol. The Hall–Kier alpha value is -1.14. The van der Waals surface area contributed by atoms with Gasteiger partial charge in [0.15, 0.2) is 0 Å². The summed E-state index contributed by atoms with van der Waals surface area (Å²) < 4.78 is 12.0. The van der Waals surface area contributed by atoms with Gasteiger partial charge in [0.05, 0.1) is 22.3 Å². The quantitative estimate of drug-likeness (QED) is 0.804. The fourth-order valence-corrected chi connectivity index (χ4v) is 2.76. The number of rotatable bonds is 4. The summed E-state index contributed by atoms with van der Waals surface area (Å²) in [4.78, 5) is 0.855. The van der Waals surface area contributed by atoms with E-state index in [1.807, 2.05) is 45.0 Å². The van der Waals surface area contributed by atoms with Crippen molar-refractivity contribution in [3.63, 3.8) is 0 Å². The maximum atomic E-state index is 12.0. The highest BCUT2D eigenvalue weighted by atomic mass is 32.2. The van der Waals surface area contributed by atoms with Gasteiger partial charge < -0.3 is 0 Å². The first-order valence-electron chi connectivity index (χ1n) is 5.31. The maximum Gasteiger partial charge on any atom is 0.0684 e. The molecular weight excluding hydrogens is 218 g/mol. The van der Waals surface area contributed by atoms with Gasteiger partial charge in [0, 0.05) is 10.6 Å². The fraction of sp³-hybridized carbons (Fsp3) is 0.462. The topological polar surface area (TPSA) is 40.9 Å². The second kappa shape index (κ2) is 5.27. The molecule has 0 spiro atoms. The van der Waals surface area contributed by atoms with E-state index >= 15 is 0 Å². The molecule has 0 radical (unpaired) electrons. The number of aryl methyl sites for hydroxylation is 1. The van der Waals surface area contributed by atoms with Crippen LogP contribution >= 0.6 is 0 Å². The van der Waals surface area contributed by atoms with Crippen LogP contribution in [0.1, 0.15) is 25.8 Å². The third-order valence-corrected chi connectivity index (χ3v) is 3.82. The van der Waals surface area contributed by atoms with Gasteiger partial charge in [-0.15, -0.1) is 0 Å². The van der Waals surface area contributed by atoms with E-state index in [2.05, 4.69) is 6.07 Å². The molecule has 0 aromatic heterocycles. The number of nitriles is 1. The number of hydrogen-bond donors (Lipinski definition) is 0. The van der Waals surface area contributed by atoms with E-state index in [1.54, 1.807) is 0 Å². The molecule has 0 bridgehead atoms. The van der Waals surface area contributed by atoms with E-state index in [9.17, 15) is 4.21 Å². The first-order chi connectivity index (χ1) is 7.44. The number of nitrogens with zero attached hydrogens (tertiary/aromatic N) is 1. The molecule has 0 aliphatic rings. The van der Waals surface area contributed by atoms with Gasteiger partial charge in [0.1, 0.15) is 0 Å². The van der Waals surface area contributed by atoms with Gasteiger partial charge in [0.2, 0.25) is 0 Å². The normalized spacial score (nSPS) is 13.1. The second-order valence-electron chi connectivity index (χ2n) is 4.61. The lowest BCUT2D eigenvalue weighted by atomic mass is 9.93. The first-order valence-corrected chi connectivity index (χ1v) is 6.63. The molecule has 1 rings (SSSR count). The minimum atomic E-state index is -0.993. The summed E-state index contributed by atoms with van der Waals surface area (Å²) in [5.41, 5.74) is 0.727. The van der Waals surface area contributed by atoms with Crippen molar-refractivity contribution in [2.75, 3.05) is 5.75 Å². The number of hydrogen-bond acceptors (Lipinski definition) is 2. The van der Waals surface area contributed by atoms with E-state index in [0.717, 1.165) is 10.5 Å². The van der Waals surface area contributed by atoms with Crippen molar-refractivity contribution in [1.82, 2.24) is 0 Å². The summed E-state index contributed by atoms with van der Waals surface area (Å²) in [6, 6.07) is 9.94. The van der Waals surface area contributed by atoms with Crippen LogP contribution in [0.2, 0.25) is 0 Å². The maximum absolute atomic E-state index is 12.0. The molecule has 1 unspecified atom stereocenters. The van der Waals surface area contributed by atoms with Gasteiger partial charge in [-0.2, -0.15) is 5.26 Å². The Kier molecular flexibility index (Phi) is 4.26. The van der Waals surface area contributed by atoms with Crippen molar-refractivity contribution in [2.24, 2.45) is 5.41 Å². The van der Waals surface area contributed by atoms with E-state index in [0.29, 0.717) is 12.2 Å². The highest BCUT2D eigenvalue weighted by molar-refractivity contribution is 7.85. The first kappa shape index (κ1) is 12.9. The molecule has 0 N–H and O–H groups in total. The third-order valence-electron chi connectivity index (χ3n) is 2.47. The van der Waals surface area contributed by atoms with Crippen LogP contribution < -0.4 is 0 Å². The van der Waals surface area contributed by atoms with Crippen LogP contribution in [-0.4, -0.2) is 9.96 Å². The van der Waals surface area contributed by atoms with Gasteiger partial charge in [-0.25, -0.2) is 0 Å². The third kappa shape index (κ3) is 3.79. The molecular formula is C13H17NOS. The summed E-state index contributed by atoms with van der Waals surface area (Å²) in [5, 5.41) is 8.87. The van der Waals surface area contributed by atoms with Gasteiger partial charge >= 0.3 is 0 Å². The zero-order chi connectivity index (χ0) is 12.2. The minimum Gasteiger partial charge on any atom is -0.254 e. The molecule has 3 heteroatoms. The molecule has 0 saturated carbocycles. The highest BCUT2D eigenvalue weighted by Gasteiger charge is 2.18. The standard InChI is InChI=1S/C13H17NOS/c1-11-5-4-6-12(9-11)16(15)8-7-13(2,3)10-14/h4-6,9H,7-8H2,1-3H3. The zero-order valence-electron chi connectivity index (χ0n) is 9.99. The van der Waals surface area contributed by atoms with E-state index in [-0.39, 0.29) is 5.41 Å². The Morgan fingerprint density at radius 2 is 2.12 bits per heavy atom. The van der Waals surface area contributed by atoms with Crippen LogP contribution in [0.25, 0.3) is 0 Å². The Morgan fingerprint density at radius 1 is 1.44 bits per heavy atom. The molecule has 0 fully saturated rings. The molecule has 0 amide bonds. The van der Waals surface area contributed by atoms with Crippen LogP contribution in [0.3, 0.4) is 0 Å². The van der Waals surface area contributed by atoms with Crippen LogP contribution in [0.15, 0.2) is 29.2 Å². The highest BCUT2D eigenvalue weighted by Crippen LogP contribution is 2.20. The van der Waals surface area contributed by atoms with E-state index in [4.69, 9.17) is 5.26 Å². The van der Waals surface area contributed by atoms with Crippen molar-refractivity contribution >= 4 is 10.8 Å². The van der Waals surface area contributed by atoms with Crippen LogP contribution in [0, 0.1) is 23.7 Å². The van der Waals surface area contributed by atoms with Crippen molar-refractivity contribution in [3.8, 4) is 6.07 Å². The van der Waals surface area contributed by atoms with Crippen molar-refractivity contribution in [1.29, 1.82) is 5.26 Å². The van der Waals surface area contributed by atoms with Gasteiger partial charge in [-0.05, 0) is 44.9 Å². The average Bonchev–Trinajstić information content (AvgIpc) is 2.26. The van der Waals surface area contributed by atoms with Crippen LogP contribution in [0.4, 0.5) is 0 Å². The molecule has 2 nitrogen and oxygen atoms in total. The van der Waals surface area contributed by atoms with Crippen molar-refractivity contribution in [3.05, 3.63) is 29.8 Å². The predicted molar refractivity (Wildman–Crippen MR) is 66.5 cm³/mol. The monoisotopic (exact) mass is 235 g/mol. The fourth-order valence-electron chi connectivity index (χ4n) is 1.28. The SMILES string of the molecule is Cc1cccc(S(=O)CCC(C)(C)C#N)c1. The second-order valence-corrected chi connectivity index (χ2v) is 6.18. The van der Waals surface area contributed by atoms with Gasteiger partial charge in [-0.1, -0.05) is 12.1 Å². The van der Waals surface area contributed by atoms with Gasteiger partial charge in [-0.3, -0.25) is 4.21 Å². The largest absolute Gasteiger partial charge is 0.254 e. The van der Waals surface area contributed by atoms with Crippen LogP contribution in [0.5, 0.6) is 0 Å². The van der Waals surface area contributed by atoms with E-state index in [1.165, 1.54) is 0 Å².